The van der Waals surface area contributed by atoms with Gasteiger partial charge < -0.3 is 14.8 Å². The van der Waals surface area contributed by atoms with E-state index in [1.54, 1.807) is 0 Å². The van der Waals surface area contributed by atoms with Crippen LogP contribution in [0.25, 0.3) is 0 Å². The summed E-state index contributed by atoms with van der Waals surface area (Å²) in [5.74, 6) is 1.29. The Morgan fingerprint density at radius 3 is 2.37 bits per heavy atom. The smallest absolute Gasteiger partial charge is 0.258 e. The number of nitrogens with one attached hydrogen (secondary N) is 1. The van der Waals surface area contributed by atoms with E-state index in [1.807, 2.05) is 30.3 Å². The van der Waals surface area contributed by atoms with E-state index in [4.69, 9.17) is 9.47 Å². The van der Waals surface area contributed by atoms with E-state index in [2.05, 4.69) is 61.1 Å². The first-order valence-electron chi connectivity index (χ1n) is 9.21. The monoisotopic (exact) mass is 433 g/mol. The molecule has 0 radical (unpaired) electrons. The standard InChI is InChI=1S/C22H28BrNO3/c1-5-16-6-11-20(19(23)14-16)27-15-21(25)24-12-13-26-18-9-7-17(8-10-18)22(2,3)4/h6-11,14H,5,12-13,15H2,1-4H3,(H,24,25). The average molecular weight is 434 g/mol. The van der Waals surface area contributed by atoms with Crippen LogP contribution in [0.1, 0.15) is 38.8 Å². The van der Waals surface area contributed by atoms with E-state index >= 15 is 0 Å². The Bertz CT molecular complexity index is 751. The number of rotatable bonds is 8. The first kappa shape index (κ1) is 21.3. The molecule has 5 heteroatoms. The Balaban J connectivity index is 1.69. The maximum atomic E-state index is 11.9. The topological polar surface area (TPSA) is 47.6 Å². The quantitative estimate of drug-likeness (QED) is 0.603. The van der Waals surface area contributed by atoms with Crippen LogP contribution in [0, 0.1) is 0 Å². The summed E-state index contributed by atoms with van der Waals surface area (Å²) in [6.45, 7) is 9.45. The summed E-state index contributed by atoms with van der Waals surface area (Å²) >= 11 is 3.47. The van der Waals surface area contributed by atoms with Crippen molar-refractivity contribution in [3.8, 4) is 11.5 Å². The summed E-state index contributed by atoms with van der Waals surface area (Å²) in [5, 5.41) is 2.80. The summed E-state index contributed by atoms with van der Waals surface area (Å²) < 4.78 is 12.1. The van der Waals surface area contributed by atoms with Gasteiger partial charge in [-0.2, -0.15) is 0 Å². The van der Waals surface area contributed by atoms with Gasteiger partial charge in [0, 0.05) is 0 Å². The Morgan fingerprint density at radius 2 is 1.78 bits per heavy atom. The number of carbonyl (C=O) groups is 1. The molecule has 0 unspecified atom stereocenters. The fraction of sp³-hybridized carbons (Fsp3) is 0.409. The highest BCUT2D eigenvalue weighted by Crippen LogP contribution is 2.26. The van der Waals surface area contributed by atoms with Gasteiger partial charge in [-0.3, -0.25) is 4.79 Å². The Kier molecular flexibility index (Phi) is 7.72. The van der Waals surface area contributed by atoms with Gasteiger partial charge in [0.2, 0.25) is 0 Å². The van der Waals surface area contributed by atoms with Crippen LogP contribution in [0.5, 0.6) is 11.5 Å². The zero-order valence-electron chi connectivity index (χ0n) is 16.5. The molecular formula is C22H28BrNO3. The van der Waals surface area contributed by atoms with Gasteiger partial charge in [-0.1, -0.05) is 45.9 Å². The van der Waals surface area contributed by atoms with Crippen molar-refractivity contribution in [2.24, 2.45) is 0 Å². The minimum absolute atomic E-state index is 0.0235. The van der Waals surface area contributed by atoms with Crippen molar-refractivity contribution >= 4 is 21.8 Å². The van der Waals surface area contributed by atoms with Crippen LogP contribution in [0.15, 0.2) is 46.9 Å². The van der Waals surface area contributed by atoms with Crippen molar-refractivity contribution in [3.63, 3.8) is 0 Å². The maximum absolute atomic E-state index is 11.9. The molecule has 2 aromatic carbocycles. The van der Waals surface area contributed by atoms with E-state index in [-0.39, 0.29) is 17.9 Å². The molecule has 1 N–H and O–H groups in total. The Labute approximate surface area is 170 Å². The molecule has 0 aliphatic heterocycles. The van der Waals surface area contributed by atoms with E-state index in [1.165, 1.54) is 11.1 Å². The van der Waals surface area contributed by atoms with Crippen LogP contribution in [0.2, 0.25) is 0 Å². The average Bonchev–Trinajstić information content (AvgIpc) is 2.63. The van der Waals surface area contributed by atoms with E-state index in [9.17, 15) is 4.79 Å². The predicted octanol–water partition coefficient (Wildman–Crippen LogP) is 4.88. The third kappa shape index (κ3) is 6.90. The number of benzene rings is 2. The third-order valence-electron chi connectivity index (χ3n) is 4.18. The lowest BCUT2D eigenvalue weighted by atomic mass is 9.87. The van der Waals surface area contributed by atoms with Crippen LogP contribution < -0.4 is 14.8 Å². The summed E-state index contributed by atoms with van der Waals surface area (Å²) in [6, 6.07) is 13.9. The second-order valence-electron chi connectivity index (χ2n) is 7.38. The molecule has 2 aromatic rings. The molecule has 4 nitrogen and oxygen atoms in total. The Morgan fingerprint density at radius 1 is 1.07 bits per heavy atom. The Hall–Kier alpha value is -2.01. The molecule has 0 fully saturated rings. The fourth-order valence-corrected chi connectivity index (χ4v) is 3.03. The SMILES string of the molecule is CCc1ccc(OCC(=O)NCCOc2ccc(C(C)(C)C)cc2)c(Br)c1. The lowest BCUT2D eigenvalue weighted by Gasteiger charge is -2.19. The van der Waals surface area contributed by atoms with Crippen LogP contribution in [-0.2, 0) is 16.6 Å². The van der Waals surface area contributed by atoms with Crippen LogP contribution >= 0.6 is 15.9 Å². The molecule has 0 bridgehead atoms. The third-order valence-corrected chi connectivity index (χ3v) is 4.80. The molecule has 27 heavy (non-hydrogen) atoms. The summed E-state index contributed by atoms with van der Waals surface area (Å²) in [7, 11) is 0. The number of hydrogen-bond acceptors (Lipinski definition) is 3. The largest absolute Gasteiger partial charge is 0.492 e. The fourth-order valence-electron chi connectivity index (χ4n) is 2.49. The van der Waals surface area contributed by atoms with Crippen molar-refractivity contribution in [1.82, 2.24) is 5.32 Å². The number of hydrogen-bond donors (Lipinski definition) is 1. The number of halogens is 1. The van der Waals surface area contributed by atoms with E-state index < -0.39 is 0 Å². The molecular weight excluding hydrogens is 406 g/mol. The molecule has 0 aliphatic carbocycles. The predicted molar refractivity (Wildman–Crippen MR) is 113 cm³/mol. The molecule has 0 aliphatic rings. The molecule has 0 atom stereocenters. The first-order valence-corrected chi connectivity index (χ1v) is 10.00. The minimum atomic E-state index is -0.173. The minimum Gasteiger partial charge on any atom is -0.492 e. The van der Waals surface area contributed by atoms with E-state index in [0.29, 0.717) is 18.9 Å². The zero-order chi connectivity index (χ0) is 19.9. The van der Waals surface area contributed by atoms with Gasteiger partial charge in [0.15, 0.2) is 6.61 Å². The maximum Gasteiger partial charge on any atom is 0.258 e. The van der Waals surface area contributed by atoms with Crippen molar-refractivity contribution in [2.75, 3.05) is 19.8 Å². The lowest BCUT2D eigenvalue weighted by molar-refractivity contribution is -0.123. The van der Waals surface area contributed by atoms with Gasteiger partial charge in [0.05, 0.1) is 11.0 Å². The lowest BCUT2D eigenvalue weighted by Crippen LogP contribution is -2.32. The van der Waals surface area contributed by atoms with Gasteiger partial charge in [0.25, 0.3) is 5.91 Å². The van der Waals surface area contributed by atoms with E-state index in [0.717, 1.165) is 16.6 Å². The highest BCUT2D eigenvalue weighted by molar-refractivity contribution is 9.10. The van der Waals surface area contributed by atoms with Gasteiger partial charge in [-0.25, -0.2) is 0 Å². The molecule has 2 rings (SSSR count). The van der Waals surface area contributed by atoms with Crippen LogP contribution in [0.3, 0.4) is 0 Å². The number of aryl methyl sites for hydroxylation is 1. The zero-order valence-corrected chi connectivity index (χ0v) is 18.1. The summed E-state index contributed by atoms with van der Waals surface area (Å²) in [5.41, 5.74) is 2.60. The highest BCUT2D eigenvalue weighted by atomic mass is 79.9. The summed E-state index contributed by atoms with van der Waals surface area (Å²) in [6.07, 6.45) is 0.957. The molecule has 0 saturated carbocycles. The van der Waals surface area contributed by atoms with Crippen molar-refractivity contribution in [3.05, 3.63) is 58.1 Å². The van der Waals surface area contributed by atoms with Gasteiger partial charge in [-0.15, -0.1) is 0 Å². The second kappa shape index (κ2) is 9.79. The first-order chi connectivity index (χ1) is 12.8. The normalized spacial score (nSPS) is 11.1. The molecule has 0 heterocycles. The molecule has 0 saturated heterocycles. The molecule has 0 aromatic heterocycles. The molecule has 0 spiro atoms. The van der Waals surface area contributed by atoms with Crippen molar-refractivity contribution < 1.29 is 14.3 Å². The number of ether oxygens (including phenoxy) is 2. The van der Waals surface area contributed by atoms with Gasteiger partial charge in [0.1, 0.15) is 18.1 Å². The van der Waals surface area contributed by atoms with Crippen molar-refractivity contribution in [2.45, 2.75) is 39.5 Å². The van der Waals surface area contributed by atoms with Crippen molar-refractivity contribution in [1.29, 1.82) is 0 Å². The van der Waals surface area contributed by atoms with Crippen LogP contribution in [-0.4, -0.2) is 25.7 Å². The number of carbonyl (C=O) groups excluding carboxylic acids is 1. The summed E-state index contributed by atoms with van der Waals surface area (Å²) in [4.78, 5) is 11.9. The molecule has 146 valence electrons. The molecule has 1 amide bonds. The van der Waals surface area contributed by atoms with Gasteiger partial charge in [-0.05, 0) is 63.2 Å². The highest BCUT2D eigenvalue weighted by Gasteiger charge is 2.13. The number of amides is 1. The van der Waals surface area contributed by atoms with Gasteiger partial charge >= 0.3 is 0 Å². The van der Waals surface area contributed by atoms with Crippen LogP contribution in [0.4, 0.5) is 0 Å². The second-order valence-corrected chi connectivity index (χ2v) is 8.23.